The molecule has 2 aromatic rings. The summed E-state index contributed by atoms with van der Waals surface area (Å²) >= 11 is 0. The van der Waals surface area contributed by atoms with Gasteiger partial charge in [0.1, 0.15) is 6.10 Å². The number of methoxy groups -OCH3 is 1. The maximum absolute atomic E-state index is 15.0. The Bertz CT molecular complexity index is 1010. The molecule has 0 bridgehead atoms. The summed E-state index contributed by atoms with van der Waals surface area (Å²) in [5, 5.41) is 10.9. The Morgan fingerprint density at radius 3 is 2.14 bits per heavy atom. The lowest BCUT2D eigenvalue weighted by Crippen LogP contribution is -2.20. The van der Waals surface area contributed by atoms with Crippen LogP contribution in [0.5, 0.6) is 17.2 Å². The predicted octanol–water partition coefficient (Wildman–Crippen LogP) is 6.69. The maximum atomic E-state index is 15.0. The van der Waals surface area contributed by atoms with Crippen LogP contribution < -0.4 is 14.2 Å². The second kappa shape index (κ2) is 13.1. The van der Waals surface area contributed by atoms with Crippen LogP contribution in [0.3, 0.4) is 0 Å². The molecular weight excluding hydrogens is 480 g/mol. The quantitative estimate of drug-likeness (QED) is 0.253. The molecule has 3 rings (SSSR count). The van der Waals surface area contributed by atoms with Crippen LogP contribution in [-0.2, 0) is 4.74 Å². The van der Waals surface area contributed by atoms with Gasteiger partial charge in [-0.25, -0.2) is 4.39 Å². The number of hydrogen-bond acceptors (Lipinski definition) is 5. The first-order chi connectivity index (χ1) is 17.3. The molecule has 200 valence electrons. The molecule has 1 N–H and O–H groups in total. The first kappa shape index (κ1) is 28.1. The average Bonchev–Trinajstić information content (AvgIpc) is 2.88. The third-order valence-corrected chi connectivity index (χ3v) is 6.58. The lowest BCUT2D eigenvalue weighted by Gasteiger charge is -2.28. The monoisotopic (exact) mass is 514 g/mol. The molecule has 2 aromatic carbocycles. The summed E-state index contributed by atoms with van der Waals surface area (Å²) in [6.07, 6.45) is 4.41. The van der Waals surface area contributed by atoms with Crippen LogP contribution in [-0.4, -0.2) is 32.2 Å². The molecular formula is C27H34F4O5. The third-order valence-electron chi connectivity index (χ3n) is 6.58. The lowest BCUT2D eigenvalue weighted by atomic mass is 9.80. The van der Waals surface area contributed by atoms with Crippen LogP contribution in [0.2, 0.25) is 0 Å². The molecule has 1 saturated carbocycles. The van der Waals surface area contributed by atoms with Gasteiger partial charge in [0, 0.05) is 18.2 Å². The number of rotatable bonds is 12. The van der Waals surface area contributed by atoms with E-state index in [0.29, 0.717) is 5.92 Å². The minimum Gasteiger partial charge on any atom is -0.491 e. The van der Waals surface area contributed by atoms with E-state index in [1.165, 1.54) is 13.5 Å². The molecule has 1 unspecified atom stereocenters. The SMILES string of the molecule is CCCC1CCC(COc2cc(C(O)c3ccc(OCC)c(F)c3F)c(OCOC)c(F)c2F)CC1. The average molecular weight is 515 g/mol. The largest absolute Gasteiger partial charge is 0.491 e. The standard InChI is InChI=1S/C27H34F4O5/c1-4-6-16-7-9-17(10-8-16)14-35-21-13-19(27(36-15-33-3)25(31)24(21)30)26(32)18-11-12-20(34-5-2)23(29)22(18)28/h11-13,16-17,26,32H,4-10,14-15H2,1-3H3. The van der Waals surface area contributed by atoms with Crippen molar-refractivity contribution in [3.05, 3.63) is 52.6 Å². The molecule has 5 nitrogen and oxygen atoms in total. The van der Waals surface area contributed by atoms with Crippen molar-refractivity contribution in [2.45, 2.75) is 58.5 Å². The highest BCUT2D eigenvalue weighted by Gasteiger charge is 2.30. The Hall–Kier alpha value is -2.52. The summed E-state index contributed by atoms with van der Waals surface area (Å²) in [6.45, 7) is 3.59. The van der Waals surface area contributed by atoms with E-state index in [-0.39, 0.29) is 30.4 Å². The molecule has 0 amide bonds. The fourth-order valence-electron chi connectivity index (χ4n) is 4.67. The molecule has 0 saturated heterocycles. The molecule has 0 aliphatic heterocycles. The van der Waals surface area contributed by atoms with E-state index in [0.717, 1.165) is 50.3 Å². The van der Waals surface area contributed by atoms with Crippen molar-refractivity contribution in [2.24, 2.45) is 11.8 Å². The second-order valence-corrected chi connectivity index (χ2v) is 9.07. The minimum atomic E-state index is -1.89. The molecule has 36 heavy (non-hydrogen) atoms. The van der Waals surface area contributed by atoms with E-state index < -0.39 is 53.2 Å². The fourth-order valence-corrected chi connectivity index (χ4v) is 4.67. The minimum absolute atomic E-state index is 0.109. The zero-order chi connectivity index (χ0) is 26.2. The zero-order valence-corrected chi connectivity index (χ0v) is 20.9. The summed E-state index contributed by atoms with van der Waals surface area (Å²) in [5.41, 5.74) is -0.820. The van der Waals surface area contributed by atoms with Crippen LogP contribution in [0.25, 0.3) is 0 Å². The first-order valence-corrected chi connectivity index (χ1v) is 12.4. The maximum Gasteiger partial charge on any atom is 0.205 e. The van der Waals surface area contributed by atoms with Crippen LogP contribution in [0.1, 0.15) is 69.6 Å². The highest BCUT2D eigenvalue weighted by Crippen LogP contribution is 2.40. The summed E-state index contributed by atoms with van der Waals surface area (Å²) in [6, 6.07) is 3.33. The van der Waals surface area contributed by atoms with Crippen molar-refractivity contribution in [2.75, 3.05) is 27.1 Å². The van der Waals surface area contributed by atoms with Crippen LogP contribution in [0, 0.1) is 35.1 Å². The molecule has 0 spiro atoms. The second-order valence-electron chi connectivity index (χ2n) is 9.07. The van der Waals surface area contributed by atoms with Crippen molar-refractivity contribution < 1.29 is 41.6 Å². The number of aliphatic hydroxyl groups is 1. The third kappa shape index (κ3) is 6.42. The van der Waals surface area contributed by atoms with Gasteiger partial charge >= 0.3 is 0 Å². The normalized spacial score (nSPS) is 18.7. The lowest BCUT2D eigenvalue weighted by molar-refractivity contribution is 0.0449. The molecule has 0 heterocycles. The van der Waals surface area contributed by atoms with Crippen molar-refractivity contribution in [3.8, 4) is 17.2 Å². The van der Waals surface area contributed by atoms with Crippen molar-refractivity contribution in [1.29, 1.82) is 0 Å². The Labute approximate surface area is 209 Å². The fraction of sp³-hybridized carbons (Fsp3) is 0.556. The highest BCUT2D eigenvalue weighted by atomic mass is 19.2. The summed E-state index contributed by atoms with van der Waals surface area (Å²) < 4.78 is 79.7. The van der Waals surface area contributed by atoms with E-state index in [1.807, 2.05) is 0 Å². The van der Waals surface area contributed by atoms with E-state index in [1.54, 1.807) is 6.92 Å². The zero-order valence-electron chi connectivity index (χ0n) is 20.9. The number of halogens is 4. The predicted molar refractivity (Wildman–Crippen MR) is 126 cm³/mol. The summed E-state index contributed by atoms with van der Waals surface area (Å²) in [5.74, 6) is -5.96. The van der Waals surface area contributed by atoms with Crippen LogP contribution >= 0.6 is 0 Å². The molecule has 0 radical (unpaired) electrons. The van der Waals surface area contributed by atoms with E-state index >= 15 is 4.39 Å². The summed E-state index contributed by atoms with van der Waals surface area (Å²) in [4.78, 5) is 0. The smallest absolute Gasteiger partial charge is 0.205 e. The van der Waals surface area contributed by atoms with Crippen LogP contribution in [0.4, 0.5) is 17.6 Å². The molecule has 1 atom stereocenters. The Kier molecular flexibility index (Phi) is 10.2. The number of hydrogen-bond donors (Lipinski definition) is 1. The van der Waals surface area contributed by atoms with Gasteiger partial charge in [-0.05, 0) is 49.8 Å². The number of ether oxygens (including phenoxy) is 4. The highest BCUT2D eigenvalue weighted by molar-refractivity contribution is 5.48. The van der Waals surface area contributed by atoms with Gasteiger partial charge in [0.2, 0.25) is 17.5 Å². The van der Waals surface area contributed by atoms with E-state index in [9.17, 15) is 18.3 Å². The Morgan fingerprint density at radius 1 is 0.833 bits per heavy atom. The van der Waals surface area contributed by atoms with Gasteiger partial charge in [0.25, 0.3) is 0 Å². The number of aliphatic hydroxyl groups excluding tert-OH is 1. The van der Waals surface area contributed by atoms with Gasteiger partial charge in [-0.2, -0.15) is 13.2 Å². The molecule has 0 aromatic heterocycles. The van der Waals surface area contributed by atoms with Crippen LogP contribution in [0.15, 0.2) is 18.2 Å². The summed E-state index contributed by atoms with van der Waals surface area (Å²) in [7, 11) is 1.28. The number of benzene rings is 2. The first-order valence-electron chi connectivity index (χ1n) is 12.4. The van der Waals surface area contributed by atoms with Crippen molar-refractivity contribution >= 4 is 0 Å². The van der Waals surface area contributed by atoms with Crippen molar-refractivity contribution in [3.63, 3.8) is 0 Å². The Morgan fingerprint density at radius 2 is 1.50 bits per heavy atom. The van der Waals surface area contributed by atoms with Gasteiger partial charge in [-0.1, -0.05) is 32.6 Å². The van der Waals surface area contributed by atoms with Gasteiger partial charge in [0.15, 0.2) is 29.9 Å². The molecule has 1 aliphatic rings. The van der Waals surface area contributed by atoms with Gasteiger partial charge in [-0.15, -0.1) is 0 Å². The topological polar surface area (TPSA) is 57.2 Å². The molecule has 1 aliphatic carbocycles. The van der Waals surface area contributed by atoms with E-state index in [4.69, 9.17) is 18.9 Å². The van der Waals surface area contributed by atoms with Crippen molar-refractivity contribution in [1.82, 2.24) is 0 Å². The molecule has 9 heteroatoms. The van der Waals surface area contributed by atoms with Gasteiger partial charge in [-0.3, -0.25) is 0 Å². The van der Waals surface area contributed by atoms with E-state index in [2.05, 4.69) is 6.92 Å². The van der Waals surface area contributed by atoms with Gasteiger partial charge < -0.3 is 24.1 Å². The van der Waals surface area contributed by atoms with Gasteiger partial charge in [0.05, 0.1) is 13.2 Å². The molecule has 1 fully saturated rings. The Balaban J connectivity index is 1.89.